The number of amides is 1. The predicted octanol–water partition coefficient (Wildman–Crippen LogP) is 6.79. The fourth-order valence-corrected chi connectivity index (χ4v) is 7.09. The lowest BCUT2D eigenvalue weighted by Gasteiger charge is -2.44. The Hall–Kier alpha value is -4.46. The Morgan fingerprint density at radius 1 is 0.962 bits per heavy atom. The summed E-state index contributed by atoms with van der Waals surface area (Å²) < 4.78 is 61.0. The third-order valence-electron chi connectivity index (χ3n) is 8.68. The van der Waals surface area contributed by atoms with Crippen LogP contribution in [0.25, 0.3) is 10.8 Å². The van der Waals surface area contributed by atoms with Crippen molar-refractivity contribution in [3.8, 4) is 11.5 Å². The van der Waals surface area contributed by atoms with Crippen molar-refractivity contribution in [3.05, 3.63) is 114 Å². The molecule has 0 unspecified atom stereocenters. The SMILES string of the molecule is C=CCOc1ccc([C@@H]2[C@@H](OCc3cc(OC)c4ccccc4c3)CN(C(=O)OC(C)(C)C)C[C@@H]2OC[C@H](O)COS(=O)(=O)c2ccc(C)cc2)cc1. The van der Waals surface area contributed by atoms with Gasteiger partial charge in [0.05, 0.1) is 57.1 Å². The lowest BCUT2D eigenvalue weighted by atomic mass is 9.84. The zero-order valence-corrected chi connectivity index (χ0v) is 31.7. The van der Waals surface area contributed by atoms with Crippen LogP contribution in [0.5, 0.6) is 11.5 Å². The molecule has 1 N–H and O–H groups in total. The van der Waals surface area contributed by atoms with Crippen LogP contribution in [0.3, 0.4) is 0 Å². The van der Waals surface area contributed by atoms with E-state index in [0.717, 1.165) is 27.5 Å². The number of nitrogens with zero attached hydrogens (tertiary/aromatic N) is 1. The Bertz CT molecular complexity index is 1940. The van der Waals surface area contributed by atoms with Gasteiger partial charge in [0.2, 0.25) is 0 Å². The fourth-order valence-electron chi connectivity index (χ4n) is 6.15. The van der Waals surface area contributed by atoms with E-state index in [1.54, 1.807) is 51.0 Å². The van der Waals surface area contributed by atoms with Crippen LogP contribution in [0.1, 0.15) is 43.4 Å². The lowest BCUT2D eigenvalue weighted by Crippen LogP contribution is -2.55. The summed E-state index contributed by atoms with van der Waals surface area (Å²) in [5.41, 5.74) is 1.89. The van der Waals surface area contributed by atoms with Gasteiger partial charge in [-0.25, -0.2) is 4.79 Å². The molecule has 4 aromatic rings. The first-order chi connectivity index (χ1) is 25.3. The zero-order valence-electron chi connectivity index (χ0n) is 30.9. The number of aryl methyl sites for hydroxylation is 1. The van der Waals surface area contributed by atoms with Gasteiger partial charge in [-0.05, 0) is 80.6 Å². The molecule has 0 saturated carbocycles. The summed E-state index contributed by atoms with van der Waals surface area (Å²) in [5, 5.41) is 12.9. The average molecular weight is 748 g/mol. The molecule has 0 spiro atoms. The number of piperidine rings is 1. The van der Waals surface area contributed by atoms with Crippen LogP contribution in [-0.2, 0) is 35.1 Å². The third-order valence-corrected chi connectivity index (χ3v) is 9.98. The van der Waals surface area contributed by atoms with E-state index in [4.69, 9.17) is 27.9 Å². The Morgan fingerprint density at radius 2 is 1.64 bits per heavy atom. The van der Waals surface area contributed by atoms with E-state index in [1.807, 2.05) is 67.6 Å². The molecular formula is C41H49NO10S. The van der Waals surface area contributed by atoms with Crippen LogP contribution < -0.4 is 9.47 Å². The van der Waals surface area contributed by atoms with E-state index in [2.05, 4.69) is 6.58 Å². The number of carbonyl (C=O) groups excluding carboxylic acids is 1. The van der Waals surface area contributed by atoms with Gasteiger partial charge in [0.15, 0.2) is 0 Å². The van der Waals surface area contributed by atoms with Crippen molar-refractivity contribution in [3.63, 3.8) is 0 Å². The predicted molar refractivity (Wildman–Crippen MR) is 202 cm³/mol. The molecule has 1 aliphatic heterocycles. The number of aliphatic hydroxyl groups is 1. The molecule has 4 aromatic carbocycles. The Morgan fingerprint density at radius 3 is 2.30 bits per heavy atom. The summed E-state index contributed by atoms with van der Waals surface area (Å²) in [5.74, 6) is 0.948. The van der Waals surface area contributed by atoms with E-state index < -0.39 is 52.6 Å². The maximum absolute atomic E-state index is 13.5. The van der Waals surface area contributed by atoms with Gasteiger partial charge in [0.1, 0.15) is 29.8 Å². The van der Waals surface area contributed by atoms with Gasteiger partial charge >= 0.3 is 6.09 Å². The molecule has 4 atom stereocenters. The van der Waals surface area contributed by atoms with E-state index in [-0.39, 0.29) is 31.2 Å². The molecule has 1 saturated heterocycles. The standard InChI is InChI=1S/C41H49NO10S/c1-7-20-48-33-16-14-30(15-17-33)39-37(49-25-29-21-31-10-8-9-11-35(31)36(22-29)47-6)23-42(40(44)52-41(3,4)5)24-38(39)50-26-32(43)27-51-53(45,46)34-18-12-28(2)13-19-34/h7-19,21-22,32,37-39,43H,1,20,23-27H2,2-6H3/t32-,37-,38-,39+/m0/s1. The molecule has 0 radical (unpaired) electrons. The maximum Gasteiger partial charge on any atom is 0.410 e. The van der Waals surface area contributed by atoms with Crippen LogP contribution in [0.4, 0.5) is 4.79 Å². The number of benzene rings is 4. The summed E-state index contributed by atoms with van der Waals surface area (Å²) in [6.45, 7) is 11.0. The number of aliphatic hydroxyl groups excluding tert-OH is 1. The second-order valence-corrected chi connectivity index (χ2v) is 15.6. The van der Waals surface area contributed by atoms with Crippen LogP contribution in [0.15, 0.2) is 102 Å². The molecule has 12 heteroatoms. The van der Waals surface area contributed by atoms with E-state index in [0.29, 0.717) is 18.1 Å². The van der Waals surface area contributed by atoms with Gasteiger partial charge in [-0.15, -0.1) is 0 Å². The van der Waals surface area contributed by atoms with E-state index in [9.17, 15) is 18.3 Å². The Labute approximate surface area is 312 Å². The molecule has 284 valence electrons. The molecule has 5 rings (SSSR count). The monoisotopic (exact) mass is 747 g/mol. The van der Waals surface area contributed by atoms with Crippen LogP contribution in [-0.4, -0.2) is 88.5 Å². The lowest BCUT2D eigenvalue weighted by molar-refractivity contribution is -0.110. The van der Waals surface area contributed by atoms with Gasteiger partial charge in [0.25, 0.3) is 10.1 Å². The first-order valence-corrected chi connectivity index (χ1v) is 18.9. The number of rotatable bonds is 15. The number of ether oxygens (including phenoxy) is 5. The van der Waals surface area contributed by atoms with Crippen LogP contribution in [0.2, 0.25) is 0 Å². The molecular weight excluding hydrogens is 699 g/mol. The molecule has 11 nitrogen and oxygen atoms in total. The number of likely N-dealkylation sites (tertiary alicyclic amines) is 1. The summed E-state index contributed by atoms with van der Waals surface area (Å²) in [7, 11) is -2.48. The normalized spacial score (nSPS) is 18.4. The topological polar surface area (TPSA) is 130 Å². The number of hydrogen-bond acceptors (Lipinski definition) is 10. The van der Waals surface area contributed by atoms with Gasteiger partial charge < -0.3 is 33.7 Å². The minimum Gasteiger partial charge on any atom is -0.496 e. The minimum atomic E-state index is -4.11. The second-order valence-electron chi connectivity index (χ2n) is 14.0. The molecule has 1 heterocycles. The molecule has 53 heavy (non-hydrogen) atoms. The summed E-state index contributed by atoms with van der Waals surface area (Å²) in [6.07, 6.45) is -1.46. The smallest absolute Gasteiger partial charge is 0.410 e. The quantitative estimate of drug-likeness (QED) is 0.103. The third kappa shape index (κ3) is 10.8. The van der Waals surface area contributed by atoms with E-state index >= 15 is 0 Å². The highest BCUT2D eigenvalue weighted by Crippen LogP contribution is 2.36. The number of carbonyl (C=O) groups is 1. The van der Waals surface area contributed by atoms with Crippen molar-refractivity contribution in [1.82, 2.24) is 4.90 Å². The highest BCUT2D eigenvalue weighted by molar-refractivity contribution is 7.86. The fraction of sp³-hybridized carbons (Fsp3) is 0.390. The average Bonchev–Trinajstić information content (AvgIpc) is 3.13. The van der Waals surface area contributed by atoms with Crippen molar-refractivity contribution in [2.24, 2.45) is 0 Å². The van der Waals surface area contributed by atoms with Crippen molar-refractivity contribution in [1.29, 1.82) is 0 Å². The van der Waals surface area contributed by atoms with Crippen molar-refractivity contribution in [2.45, 2.75) is 69.0 Å². The van der Waals surface area contributed by atoms with Crippen LogP contribution in [0, 0.1) is 6.92 Å². The highest BCUT2D eigenvalue weighted by atomic mass is 32.2. The molecule has 1 amide bonds. The van der Waals surface area contributed by atoms with Crippen molar-refractivity contribution >= 4 is 27.0 Å². The first-order valence-electron chi connectivity index (χ1n) is 17.5. The minimum absolute atomic E-state index is 0.0129. The molecule has 0 aromatic heterocycles. The van der Waals surface area contributed by atoms with E-state index in [1.165, 1.54) is 12.1 Å². The largest absolute Gasteiger partial charge is 0.496 e. The van der Waals surface area contributed by atoms with Crippen molar-refractivity contribution < 1.29 is 46.2 Å². The number of methoxy groups -OCH3 is 1. The summed E-state index contributed by atoms with van der Waals surface area (Å²) >= 11 is 0. The Balaban J connectivity index is 1.41. The van der Waals surface area contributed by atoms with Gasteiger partial charge in [-0.2, -0.15) is 8.42 Å². The summed E-state index contributed by atoms with van der Waals surface area (Å²) in [4.78, 5) is 15.1. The van der Waals surface area contributed by atoms with Crippen LogP contribution >= 0.6 is 0 Å². The molecule has 0 aliphatic carbocycles. The molecule has 0 bridgehead atoms. The van der Waals surface area contributed by atoms with Gasteiger partial charge in [-0.3, -0.25) is 4.18 Å². The van der Waals surface area contributed by atoms with Crippen molar-refractivity contribution in [2.75, 3.05) is 40.0 Å². The first kappa shape index (κ1) is 39.7. The Kier molecular flexibility index (Phi) is 13.2. The van der Waals surface area contributed by atoms with Gasteiger partial charge in [0, 0.05) is 11.3 Å². The molecule has 1 aliphatic rings. The summed E-state index contributed by atoms with van der Waals surface area (Å²) in [6, 6.07) is 25.7. The number of hydrogen-bond donors (Lipinski definition) is 1. The highest BCUT2D eigenvalue weighted by Gasteiger charge is 2.42. The maximum atomic E-state index is 13.5. The number of fused-ring (bicyclic) bond motifs is 1. The van der Waals surface area contributed by atoms with Gasteiger partial charge in [-0.1, -0.05) is 66.7 Å². The molecule has 1 fully saturated rings. The second kappa shape index (κ2) is 17.6. The zero-order chi connectivity index (χ0) is 38.2.